The minimum absolute atomic E-state index is 0.151. The maximum absolute atomic E-state index is 6.55. The van der Waals surface area contributed by atoms with E-state index in [0.717, 1.165) is 25.5 Å². The van der Waals surface area contributed by atoms with Gasteiger partial charge >= 0.3 is 0 Å². The normalized spacial score (nSPS) is 12.8. The van der Waals surface area contributed by atoms with Gasteiger partial charge in [-0.3, -0.25) is 0 Å². The Bertz CT molecular complexity index is 548. The van der Waals surface area contributed by atoms with Crippen molar-refractivity contribution in [1.29, 1.82) is 0 Å². The molecule has 1 aromatic carbocycles. The van der Waals surface area contributed by atoms with E-state index in [-0.39, 0.29) is 5.38 Å². The predicted molar refractivity (Wildman–Crippen MR) is 80.6 cm³/mol. The molecule has 0 bridgehead atoms. The Balaban J connectivity index is 2.47. The van der Waals surface area contributed by atoms with Crippen LogP contribution in [0.25, 0.3) is 0 Å². The highest BCUT2D eigenvalue weighted by Crippen LogP contribution is 2.41. The highest BCUT2D eigenvalue weighted by atomic mass is 79.9. The number of halogens is 3. The van der Waals surface area contributed by atoms with Crippen LogP contribution in [-0.4, -0.2) is 0 Å². The largest absolute Gasteiger partial charge is 0.143 e. The summed E-state index contributed by atoms with van der Waals surface area (Å²) >= 11 is 17.9. The molecule has 1 aromatic heterocycles. The first-order valence-electron chi connectivity index (χ1n) is 5.15. The Kier molecular flexibility index (Phi) is 4.19. The van der Waals surface area contributed by atoms with Crippen LogP contribution in [0.5, 0.6) is 0 Å². The fourth-order valence-electron chi connectivity index (χ4n) is 1.71. The molecule has 0 spiro atoms. The van der Waals surface area contributed by atoms with E-state index < -0.39 is 0 Å². The minimum Gasteiger partial charge on any atom is -0.143 e. The van der Waals surface area contributed by atoms with Gasteiger partial charge in [-0.15, -0.1) is 22.9 Å². The van der Waals surface area contributed by atoms with Crippen molar-refractivity contribution >= 4 is 50.5 Å². The van der Waals surface area contributed by atoms with Gasteiger partial charge in [0.1, 0.15) is 0 Å². The summed E-state index contributed by atoms with van der Waals surface area (Å²) in [4.78, 5) is 2.38. The van der Waals surface area contributed by atoms with E-state index >= 15 is 0 Å². The van der Waals surface area contributed by atoms with Crippen molar-refractivity contribution in [3.63, 3.8) is 0 Å². The molecule has 2 aromatic rings. The summed E-state index contributed by atoms with van der Waals surface area (Å²) in [5.41, 5.74) is 2.12. The summed E-state index contributed by atoms with van der Waals surface area (Å²) < 4.78 is 1.07. The average molecular weight is 350 g/mol. The molecule has 4 heteroatoms. The molecule has 0 N–H and O–H groups in total. The number of rotatable bonds is 2. The maximum Gasteiger partial charge on any atom is 0.0942 e. The van der Waals surface area contributed by atoms with Crippen LogP contribution in [0, 0.1) is 13.8 Å². The SMILES string of the molecule is Cc1cc(Br)c(C(Cl)c2cccc(Cl)c2C)s1. The van der Waals surface area contributed by atoms with Crippen molar-refractivity contribution in [1.82, 2.24) is 0 Å². The molecule has 0 nitrogen and oxygen atoms in total. The van der Waals surface area contributed by atoms with E-state index in [2.05, 4.69) is 28.9 Å². The van der Waals surface area contributed by atoms with Crippen LogP contribution in [0.3, 0.4) is 0 Å². The molecule has 0 saturated carbocycles. The Hall–Kier alpha value is -0.0200. The molecule has 0 aliphatic heterocycles. The van der Waals surface area contributed by atoms with Gasteiger partial charge < -0.3 is 0 Å². The minimum atomic E-state index is -0.151. The molecule has 0 fully saturated rings. The molecule has 2 rings (SSSR count). The van der Waals surface area contributed by atoms with Crippen molar-refractivity contribution in [3.05, 3.63) is 54.6 Å². The molecule has 0 amide bonds. The lowest BCUT2D eigenvalue weighted by molar-refractivity contribution is 1.14. The fourth-order valence-corrected chi connectivity index (χ4v) is 4.39. The summed E-state index contributed by atoms with van der Waals surface area (Å²) in [6.45, 7) is 4.08. The van der Waals surface area contributed by atoms with Crippen molar-refractivity contribution < 1.29 is 0 Å². The first kappa shape index (κ1) is 13.4. The van der Waals surface area contributed by atoms with Crippen LogP contribution >= 0.6 is 50.5 Å². The lowest BCUT2D eigenvalue weighted by Crippen LogP contribution is -1.95. The number of aryl methyl sites for hydroxylation is 1. The molecule has 1 atom stereocenters. The second-order valence-electron chi connectivity index (χ2n) is 3.89. The Morgan fingerprint density at radius 2 is 2.00 bits per heavy atom. The van der Waals surface area contributed by atoms with E-state index in [1.807, 2.05) is 25.1 Å². The van der Waals surface area contributed by atoms with E-state index in [1.54, 1.807) is 11.3 Å². The van der Waals surface area contributed by atoms with Crippen molar-refractivity contribution in [2.24, 2.45) is 0 Å². The lowest BCUT2D eigenvalue weighted by Gasteiger charge is -2.13. The number of hydrogen-bond acceptors (Lipinski definition) is 1. The third-order valence-electron chi connectivity index (χ3n) is 2.65. The number of alkyl halides is 1. The number of benzene rings is 1. The van der Waals surface area contributed by atoms with Gasteiger partial charge in [0.2, 0.25) is 0 Å². The van der Waals surface area contributed by atoms with Crippen molar-refractivity contribution in [2.75, 3.05) is 0 Å². The lowest BCUT2D eigenvalue weighted by atomic mass is 10.0. The highest BCUT2D eigenvalue weighted by molar-refractivity contribution is 9.10. The van der Waals surface area contributed by atoms with Crippen LogP contribution in [0.1, 0.15) is 26.3 Å². The first-order valence-corrected chi connectivity index (χ1v) is 7.58. The molecule has 0 aliphatic carbocycles. The van der Waals surface area contributed by atoms with Gasteiger partial charge in [-0.1, -0.05) is 23.7 Å². The zero-order chi connectivity index (χ0) is 12.6. The van der Waals surface area contributed by atoms with Crippen LogP contribution in [0.15, 0.2) is 28.7 Å². The fraction of sp³-hybridized carbons (Fsp3) is 0.231. The second kappa shape index (κ2) is 5.31. The smallest absolute Gasteiger partial charge is 0.0942 e. The van der Waals surface area contributed by atoms with Gasteiger partial charge in [0, 0.05) is 19.2 Å². The second-order valence-corrected chi connectivity index (χ2v) is 6.87. The van der Waals surface area contributed by atoms with E-state index in [9.17, 15) is 0 Å². The predicted octanol–water partition coefficient (Wildman–Crippen LogP) is 6.11. The topological polar surface area (TPSA) is 0 Å². The standard InChI is InChI=1S/C13H11BrCl2S/c1-7-6-10(14)13(17-7)12(16)9-4-3-5-11(15)8(9)2/h3-6,12H,1-2H3. The van der Waals surface area contributed by atoms with Gasteiger partial charge in [0.05, 0.1) is 5.38 Å². The molecular formula is C13H11BrCl2S. The third kappa shape index (κ3) is 2.70. The molecule has 0 saturated heterocycles. The maximum atomic E-state index is 6.55. The van der Waals surface area contributed by atoms with E-state index in [1.165, 1.54) is 4.88 Å². The first-order chi connectivity index (χ1) is 8.00. The molecule has 1 unspecified atom stereocenters. The van der Waals surface area contributed by atoms with Gasteiger partial charge in [0.15, 0.2) is 0 Å². The summed E-state index contributed by atoms with van der Waals surface area (Å²) in [5.74, 6) is 0. The van der Waals surface area contributed by atoms with E-state index in [4.69, 9.17) is 23.2 Å². The number of thiophene rings is 1. The average Bonchev–Trinajstić information content (AvgIpc) is 2.61. The molecule has 0 radical (unpaired) electrons. The summed E-state index contributed by atoms with van der Waals surface area (Å²) in [6, 6.07) is 7.95. The Labute approximate surface area is 124 Å². The van der Waals surface area contributed by atoms with Gasteiger partial charge in [-0.05, 0) is 53.0 Å². The Morgan fingerprint density at radius 1 is 1.29 bits per heavy atom. The van der Waals surface area contributed by atoms with Gasteiger partial charge in [0.25, 0.3) is 0 Å². The van der Waals surface area contributed by atoms with E-state index in [0.29, 0.717) is 0 Å². The third-order valence-corrected chi connectivity index (χ3v) is 5.68. The number of hydrogen-bond donors (Lipinski definition) is 0. The highest BCUT2D eigenvalue weighted by Gasteiger charge is 2.19. The summed E-state index contributed by atoms with van der Waals surface area (Å²) in [6.07, 6.45) is 0. The van der Waals surface area contributed by atoms with Gasteiger partial charge in [-0.2, -0.15) is 0 Å². The summed E-state index contributed by atoms with van der Waals surface area (Å²) in [5, 5.41) is 0.610. The Morgan fingerprint density at radius 3 is 2.59 bits per heavy atom. The zero-order valence-electron chi connectivity index (χ0n) is 9.43. The molecule has 0 aliphatic rings. The molecule has 90 valence electrons. The summed E-state index contributed by atoms with van der Waals surface area (Å²) in [7, 11) is 0. The van der Waals surface area contributed by atoms with Crippen LogP contribution < -0.4 is 0 Å². The van der Waals surface area contributed by atoms with Crippen LogP contribution in [-0.2, 0) is 0 Å². The molecular weight excluding hydrogens is 339 g/mol. The van der Waals surface area contributed by atoms with Crippen LogP contribution in [0.2, 0.25) is 5.02 Å². The van der Waals surface area contributed by atoms with Gasteiger partial charge in [-0.25, -0.2) is 0 Å². The quantitative estimate of drug-likeness (QED) is 0.574. The molecule has 1 heterocycles. The monoisotopic (exact) mass is 348 g/mol. The van der Waals surface area contributed by atoms with Crippen LogP contribution in [0.4, 0.5) is 0 Å². The zero-order valence-corrected chi connectivity index (χ0v) is 13.3. The molecule has 17 heavy (non-hydrogen) atoms. The van der Waals surface area contributed by atoms with Crippen molar-refractivity contribution in [2.45, 2.75) is 19.2 Å². The van der Waals surface area contributed by atoms with Crippen molar-refractivity contribution in [3.8, 4) is 0 Å².